The molecule has 0 radical (unpaired) electrons. The first kappa shape index (κ1) is 17.6. The average Bonchev–Trinajstić information content (AvgIpc) is 3.27. The van der Waals surface area contributed by atoms with Gasteiger partial charge in [-0.05, 0) is 37.3 Å². The van der Waals surface area contributed by atoms with Crippen molar-refractivity contribution in [3.05, 3.63) is 51.7 Å². The molecular formula is C20H23FN2O2S. The molecule has 4 rings (SSSR count). The van der Waals surface area contributed by atoms with Gasteiger partial charge in [0.25, 0.3) is 5.91 Å². The summed E-state index contributed by atoms with van der Waals surface area (Å²) in [5.74, 6) is -0.376. The van der Waals surface area contributed by atoms with Gasteiger partial charge in [-0.1, -0.05) is 31.0 Å². The molecule has 2 heterocycles. The Morgan fingerprint density at radius 1 is 1.35 bits per heavy atom. The van der Waals surface area contributed by atoms with Crippen molar-refractivity contribution in [2.75, 3.05) is 6.61 Å². The number of amides is 1. The molecular weight excluding hydrogens is 351 g/mol. The fourth-order valence-electron chi connectivity index (χ4n) is 4.08. The van der Waals surface area contributed by atoms with Gasteiger partial charge in [0.05, 0.1) is 10.6 Å². The molecule has 6 heteroatoms. The molecule has 1 aromatic carbocycles. The monoisotopic (exact) mass is 374 g/mol. The third kappa shape index (κ3) is 3.81. The topological polar surface area (TPSA) is 51.2 Å². The van der Waals surface area contributed by atoms with Crippen LogP contribution < -0.4 is 5.32 Å². The fourth-order valence-corrected chi connectivity index (χ4v) is 4.88. The standard InChI is InChI=1S/C20H23FN2O2S/c21-16-6-2-1-5-14(16)11-18-23-17(13-26-18)19(24)22-15-7-10-25-20(12-15)8-3-4-9-20/h1-2,5-6,13,15H,3-4,7-12H2,(H,22,24). The smallest absolute Gasteiger partial charge is 0.270 e. The molecule has 0 bridgehead atoms. The zero-order chi connectivity index (χ0) is 18.0. The van der Waals surface area contributed by atoms with Crippen LogP contribution in [0.3, 0.4) is 0 Å². The van der Waals surface area contributed by atoms with Gasteiger partial charge in [0.2, 0.25) is 0 Å². The van der Waals surface area contributed by atoms with Crippen molar-refractivity contribution in [2.24, 2.45) is 0 Å². The van der Waals surface area contributed by atoms with E-state index in [4.69, 9.17) is 4.74 Å². The van der Waals surface area contributed by atoms with Crippen molar-refractivity contribution in [3.8, 4) is 0 Å². The summed E-state index contributed by atoms with van der Waals surface area (Å²) in [5.41, 5.74) is 1.00. The number of nitrogens with one attached hydrogen (secondary N) is 1. The maximum atomic E-state index is 13.8. The van der Waals surface area contributed by atoms with Crippen molar-refractivity contribution >= 4 is 17.2 Å². The number of ether oxygens (including phenoxy) is 1. The summed E-state index contributed by atoms with van der Waals surface area (Å²) in [6, 6.07) is 6.82. The highest BCUT2D eigenvalue weighted by Gasteiger charge is 2.40. The van der Waals surface area contributed by atoms with Gasteiger partial charge < -0.3 is 10.1 Å². The lowest BCUT2D eigenvalue weighted by atomic mass is 9.89. The molecule has 1 unspecified atom stereocenters. The van der Waals surface area contributed by atoms with Crippen molar-refractivity contribution in [1.82, 2.24) is 10.3 Å². The van der Waals surface area contributed by atoms with E-state index in [0.29, 0.717) is 24.3 Å². The second kappa shape index (κ2) is 7.45. The first-order valence-electron chi connectivity index (χ1n) is 9.26. The summed E-state index contributed by atoms with van der Waals surface area (Å²) in [6.45, 7) is 0.709. The molecule has 1 N–H and O–H groups in total. The van der Waals surface area contributed by atoms with Crippen LogP contribution >= 0.6 is 11.3 Å². The maximum Gasteiger partial charge on any atom is 0.270 e. The first-order chi connectivity index (χ1) is 12.6. The highest BCUT2D eigenvalue weighted by atomic mass is 32.1. The SMILES string of the molecule is O=C(NC1CCOC2(CCCC2)C1)c1csc(Cc2ccccc2F)n1. The van der Waals surface area contributed by atoms with E-state index in [1.54, 1.807) is 17.5 Å². The Morgan fingerprint density at radius 2 is 2.15 bits per heavy atom. The molecule has 1 spiro atoms. The Balaban J connectivity index is 1.38. The van der Waals surface area contributed by atoms with Crippen LogP contribution in [0.25, 0.3) is 0 Å². The van der Waals surface area contributed by atoms with Crippen LogP contribution in [0.5, 0.6) is 0 Å². The van der Waals surface area contributed by atoms with Crippen molar-refractivity contribution < 1.29 is 13.9 Å². The number of rotatable bonds is 4. The molecule has 26 heavy (non-hydrogen) atoms. The van der Waals surface area contributed by atoms with Crippen LogP contribution in [0.1, 0.15) is 59.6 Å². The van der Waals surface area contributed by atoms with E-state index in [2.05, 4.69) is 10.3 Å². The van der Waals surface area contributed by atoms with E-state index in [1.807, 2.05) is 6.07 Å². The number of aromatic nitrogens is 1. The number of benzene rings is 1. The Hall–Kier alpha value is -1.79. The normalized spacial score (nSPS) is 21.8. The van der Waals surface area contributed by atoms with Gasteiger partial charge in [0.1, 0.15) is 11.5 Å². The van der Waals surface area contributed by atoms with E-state index in [0.717, 1.165) is 30.7 Å². The number of hydrogen-bond donors (Lipinski definition) is 1. The van der Waals surface area contributed by atoms with E-state index in [-0.39, 0.29) is 23.4 Å². The van der Waals surface area contributed by atoms with Crippen molar-refractivity contribution in [2.45, 2.75) is 56.6 Å². The Morgan fingerprint density at radius 3 is 2.96 bits per heavy atom. The molecule has 138 valence electrons. The highest BCUT2D eigenvalue weighted by molar-refractivity contribution is 7.09. The third-order valence-electron chi connectivity index (χ3n) is 5.43. The molecule has 2 aromatic rings. The largest absolute Gasteiger partial charge is 0.375 e. The summed E-state index contributed by atoms with van der Waals surface area (Å²) < 4.78 is 19.8. The third-order valence-corrected chi connectivity index (χ3v) is 6.28. The molecule has 1 aromatic heterocycles. The van der Waals surface area contributed by atoms with E-state index in [1.165, 1.54) is 30.2 Å². The number of carbonyl (C=O) groups excluding carboxylic acids is 1. The quantitative estimate of drug-likeness (QED) is 0.877. The predicted octanol–water partition coefficient (Wildman–Crippen LogP) is 4.09. The van der Waals surface area contributed by atoms with Crippen LogP contribution in [-0.4, -0.2) is 29.1 Å². The van der Waals surface area contributed by atoms with Gasteiger partial charge in [-0.2, -0.15) is 0 Å². The van der Waals surface area contributed by atoms with Crippen LogP contribution in [0.4, 0.5) is 4.39 Å². The highest BCUT2D eigenvalue weighted by Crippen LogP contribution is 2.40. The zero-order valence-corrected chi connectivity index (χ0v) is 15.5. The second-order valence-corrected chi connectivity index (χ2v) is 8.24. The molecule has 1 saturated heterocycles. The molecule has 1 amide bonds. The zero-order valence-electron chi connectivity index (χ0n) is 14.7. The summed E-state index contributed by atoms with van der Waals surface area (Å²) in [5, 5.41) is 5.64. The number of thiazole rings is 1. The van der Waals surface area contributed by atoms with Gasteiger partial charge >= 0.3 is 0 Å². The molecule has 2 aliphatic rings. The van der Waals surface area contributed by atoms with E-state index >= 15 is 0 Å². The number of hydrogen-bond acceptors (Lipinski definition) is 4. The summed E-state index contributed by atoms with van der Waals surface area (Å²) in [4.78, 5) is 17.0. The van der Waals surface area contributed by atoms with Gasteiger partial charge in [-0.15, -0.1) is 11.3 Å². The van der Waals surface area contributed by atoms with Crippen LogP contribution in [0.2, 0.25) is 0 Å². The minimum absolute atomic E-state index is 0.0196. The van der Waals surface area contributed by atoms with Crippen LogP contribution in [-0.2, 0) is 11.2 Å². The van der Waals surface area contributed by atoms with E-state index in [9.17, 15) is 9.18 Å². The minimum atomic E-state index is -0.238. The van der Waals surface area contributed by atoms with Crippen molar-refractivity contribution in [1.29, 1.82) is 0 Å². The molecule has 1 atom stereocenters. The number of halogens is 1. The number of nitrogens with zero attached hydrogens (tertiary/aromatic N) is 1. The Kier molecular flexibility index (Phi) is 5.05. The van der Waals surface area contributed by atoms with Gasteiger partial charge in [-0.3, -0.25) is 4.79 Å². The lowest BCUT2D eigenvalue weighted by Crippen LogP contribution is -2.47. The summed E-state index contributed by atoms with van der Waals surface area (Å²) in [6.07, 6.45) is 6.78. The molecule has 1 saturated carbocycles. The summed E-state index contributed by atoms with van der Waals surface area (Å²) in [7, 11) is 0. The van der Waals surface area contributed by atoms with Gasteiger partial charge in [0, 0.05) is 24.4 Å². The summed E-state index contributed by atoms with van der Waals surface area (Å²) >= 11 is 1.40. The Bertz CT molecular complexity index is 786. The molecule has 4 nitrogen and oxygen atoms in total. The second-order valence-electron chi connectivity index (χ2n) is 7.30. The van der Waals surface area contributed by atoms with E-state index < -0.39 is 0 Å². The van der Waals surface area contributed by atoms with Gasteiger partial charge in [-0.25, -0.2) is 9.37 Å². The molecule has 1 aliphatic carbocycles. The predicted molar refractivity (Wildman–Crippen MR) is 99.0 cm³/mol. The molecule has 2 fully saturated rings. The fraction of sp³-hybridized carbons (Fsp3) is 0.500. The first-order valence-corrected chi connectivity index (χ1v) is 10.1. The van der Waals surface area contributed by atoms with Crippen LogP contribution in [0, 0.1) is 5.82 Å². The lowest BCUT2D eigenvalue weighted by Gasteiger charge is -2.38. The Labute approximate surface area is 156 Å². The lowest BCUT2D eigenvalue weighted by molar-refractivity contribution is -0.0823. The number of carbonyl (C=O) groups is 1. The maximum absolute atomic E-state index is 13.8. The van der Waals surface area contributed by atoms with Crippen LogP contribution in [0.15, 0.2) is 29.6 Å². The minimum Gasteiger partial charge on any atom is -0.375 e. The molecule has 1 aliphatic heterocycles. The van der Waals surface area contributed by atoms with Crippen molar-refractivity contribution in [3.63, 3.8) is 0 Å². The average molecular weight is 374 g/mol. The van der Waals surface area contributed by atoms with Gasteiger partial charge in [0.15, 0.2) is 0 Å².